The fourth-order valence-electron chi connectivity index (χ4n) is 3.09. The fraction of sp³-hybridized carbons (Fsp3) is 0.125. The summed E-state index contributed by atoms with van der Waals surface area (Å²) in [5.74, 6) is -3.23. The lowest BCUT2D eigenvalue weighted by Gasteiger charge is -2.07. The molecule has 3 aromatic rings. The number of benzene rings is 2. The van der Waals surface area contributed by atoms with Gasteiger partial charge in [-0.3, -0.25) is 9.59 Å². The van der Waals surface area contributed by atoms with Crippen molar-refractivity contribution in [2.24, 2.45) is 0 Å². The molecule has 0 spiro atoms. The number of carbonyl (C=O) groups is 3. The smallest absolute Gasteiger partial charge is 0.379 e. The minimum atomic E-state index is -1.10. The molecule has 0 radical (unpaired) electrons. The van der Waals surface area contributed by atoms with Crippen LogP contribution in [0, 0.1) is 6.92 Å². The second kappa shape index (κ2) is 9.05. The fourth-order valence-corrected chi connectivity index (χ4v) is 3.09. The van der Waals surface area contributed by atoms with Crippen LogP contribution in [0.3, 0.4) is 0 Å². The lowest BCUT2D eigenvalue weighted by Crippen LogP contribution is -2.16. The number of H-pyrrole nitrogens is 1. The Morgan fingerprint density at radius 3 is 2.40 bits per heavy atom. The van der Waals surface area contributed by atoms with Crippen molar-refractivity contribution < 1.29 is 24.2 Å². The number of aromatic amines is 1. The van der Waals surface area contributed by atoms with Gasteiger partial charge >= 0.3 is 5.97 Å². The third kappa shape index (κ3) is 4.38. The van der Waals surface area contributed by atoms with Crippen LogP contribution in [-0.2, 0) is 14.3 Å². The van der Waals surface area contributed by atoms with Gasteiger partial charge in [0.25, 0.3) is 5.78 Å². The van der Waals surface area contributed by atoms with Gasteiger partial charge in [-0.2, -0.15) is 0 Å². The number of ketones is 2. The van der Waals surface area contributed by atoms with Crippen LogP contribution in [0.25, 0.3) is 17.0 Å². The van der Waals surface area contributed by atoms with Gasteiger partial charge in [-0.05, 0) is 26.0 Å². The molecule has 0 saturated heterocycles. The molecule has 6 heteroatoms. The Morgan fingerprint density at radius 2 is 1.70 bits per heavy atom. The largest absolute Gasteiger partial charge is 0.507 e. The molecular formula is C24H21NO5. The van der Waals surface area contributed by atoms with E-state index in [2.05, 4.69) is 9.72 Å². The van der Waals surface area contributed by atoms with E-state index in [0.29, 0.717) is 11.1 Å². The highest BCUT2D eigenvalue weighted by Gasteiger charge is 2.21. The highest BCUT2D eigenvalue weighted by Crippen LogP contribution is 2.27. The standard InChI is InChI=1S/C24H21NO5/c1-3-30-24(29)22(27)14-21(26)19(23(28)16-9-5-4-6-10-16)13-18-15(2)25-20-12-8-7-11-17(18)20/h4-14,25-26H,3H2,1-2H3/b19-13+,21-14-. The first-order valence-electron chi connectivity index (χ1n) is 9.43. The van der Waals surface area contributed by atoms with E-state index < -0.39 is 23.3 Å². The maximum Gasteiger partial charge on any atom is 0.379 e. The van der Waals surface area contributed by atoms with Crippen LogP contribution in [0.1, 0.15) is 28.5 Å². The summed E-state index contributed by atoms with van der Waals surface area (Å²) in [4.78, 5) is 40.0. The number of nitrogens with one attached hydrogen (secondary N) is 1. The van der Waals surface area contributed by atoms with E-state index in [1.54, 1.807) is 37.3 Å². The number of rotatable bonds is 7. The number of hydrogen-bond acceptors (Lipinski definition) is 5. The Bertz CT molecular complexity index is 1170. The third-order valence-corrected chi connectivity index (χ3v) is 4.53. The number of fused-ring (bicyclic) bond motifs is 1. The minimum absolute atomic E-state index is 0.0271. The molecule has 152 valence electrons. The SMILES string of the molecule is CCOC(=O)C(=O)/C=C(O)/C(=C\c1c(C)[nH]c2ccccc12)C(=O)c1ccccc1. The topological polar surface area (TPSA) is 96.5 Å². The third-order valence-electron chi connectivity index (χ3n) is 4.53. The summed E-state index contributed by atoms with van der Waals surface area (Å²) < 4.78 is 4.66. The number of carbonyl (C=O) groups excluding carboxylic acids is 3. The number of aliphatic hydroxyl groups is 1. The Labute approximate surface area is 173 Å². The number of esters is 1. The summed E-state index contributed by atoms with van der Waals surface area (Å²) in [5, 5.41) is 11.5. The molecule has 3 rings (SSSR count). The van der Waals surface area contributed by atoms with Crippen LogP contribution in [0.4, 0.5) is 0 Å². The van der Waals surface area contributed by atoms with E-state index in [1.165, 1.54) is 6.08 Å². The van der Waals surface area contributed by atoms with Gasteiger partial charge in [0.1, 0.15) is 5.76 Å². The molecule has 0 atom stereocenters. The van der Waals surface area contributed by atoms with Crippen molar-refractivity contribution >= 4 is 34.5 Å². The predicted octanol–water partition coefficient (Wildman–Crippen LogP) is 4.32. The number of aryl methyl sites for hydroxylation is 1. The van der Waals surface area contributed by atoms with Crippen molar-refractivity contribution in [3.63, 3.8) is 0 Å². The van der Waals surface area contributed by atoms with Gasteiger partial charge < -0.3 is 14.8 Å². The molecular weight excluding hydrogens is 382 g/mol. The number of ether oxygens (including phenoxy) is 1. The maximum absolute atomic E-state index is 13.1. The van der Waals surface area contributed by atoms with E-state index in [0.717, 1.165) is 22.7 Å². The van der Waals surface area contributed by atoms with Crippen molar-refractivity contribution in [2.75, 3.05) is 6.61 Å². The van der Waals surface area contributed by atoms with Gasteiger partial charge in [0, 0.05) is 33.8 Å². The molecule has 0 bridgehead atoms. The van der Waals surface area contributed by atoms with Gasteiger partial charge in [0.05, 0.1) is 12.2 Å². The number of aromatic nitrogens is 1. The molecule has 0 unspecified atom stereocenters. The molecule has 0 saturated carbocycles. The zero-order chi connectivity index (χ0) is 21.7. The van der Waals surface area contributed by atoms with E-state index >= 15 is 0 Å². The first kappa shape index (κ1) is 20.8. The summed E-state index contributed by atoms with van der Waals surface area (Å²) in [6, 6.07) is 15.9. The highest BCUT2D eigenvalue weighted by atomic mass is 16.5. The average molecular weight is 403 g/mol. The first-order chi connectivity index (χ1) is 14.4. The van der Waals surface area contributed by atoms with Gasteiger partial charge in [-0.1, -0.05) is 48.5 Å². The molecule has 0 fully saturated rings. The number of hydrogen-bond donors (Lipinski definition) is 2. The number of Topliss-reactive ketones (excluding diaryl/α,β-unsaturated/α-hetero) is 1. The zero-order valence-corrected chi connectivity index (χ0v) is 16.6. The Kier molecular flexibility index (Phi) is 6.27. The van der Waals surface area contributed by atoms with Gasteiger partial charge in [0.2, 0.25) is 0 Å². The molecule has 0 aliphatic carbocycles. The van der Waals surface area contributed by atoms with E-state index in [1.807, 2.05) is 31.2 Å². The second-order valence-electron chi connectivity index (χ2n) is 6.58. The van der Waals surface area contributed by atoms with Crippen molar-refractivity contribution in [1.29, 1.82) is 0 Å². The van der Waals surface area contributed by atoms with Crippen molar-refractivity contribution in [3.05, 3.63) is 88.8 Å². The lowest BCUT2D eigenvalue weighted by molar-refractivity contribution is -0.151. The molecule has 0 amide bonds. The van der Waals surface area contributed by atoms with E-state index in [9.17, 15) is 19.5 Å². The van der Waals surface area contributed by atoms with Crippen LogP contribution in [0.15, 0.2) is 72.0 Å². The summed E-state index contributed by atoms with van der Waals surface area (Å²) >= 11 is 0. The molecule has 2 N–H and O–H groups in total. The van der Waals surface area contributed by atoms with Gasteiger partial charge in [-0.15, -0.1) is 0 Å². The van der Waals surface area contributed by atoms with Crippen molar-refractivity contribution in [1.82, 2.24) is 4.98 Å². The maximum atomic E-state index is 13.1. The number of allylic oxidation sites excluding steroid dienone is 1. The van der Waals surface area contributed by atoms with Crippen molar-refractivity contribution in [3.8, 4) is 0 Å². The lowest BCUT2D eigenvalue weighted by atomic mass is 9.97. The minimum Gasteiger partial charge on any atom is -0.507 e. The van der Waals surface area contributed by atoms with Crippen LogP contribution in [0.2, 0.25) is 0 Å². The Morgan fingerprint density at radius 1 is 1.03 bits per heavy atom. The Hall–Kier alpha value is -3.93. The zero-order valence-electron chi connectivity index (χ0n) is 16.6. The molecule has 1 aromatic heterocycles. The molecule has 0 aliphatic heterocycles. The van der Waals surface area contributed by atoms with Gasteiger partial charge in [-0.25, -0.2) is 4.79 Å². The van der Waals surface area contributed by atoms with Crippen LogP contribution >= 0.6 is 0 Å². The van der Waals surface area contributed by atoms with Crippen molar-refractivity contribution in [2.45, 2.75) is 13.8 Å². The molecule has 1 heterocycles. The number of aliphatic hydroxyl groups excluding tert-OH is 1. The number of para-hydroxylation sites is 1. The van der Waals surface area contributed by atoms with Crippen LogP contribution in [-0.4, -0.2) is 34.2 Å². The summed E-state index contributed by atoms with van der Waals surface area (Å²) in [5.41, 5.74) is 2.60. The van der Waals surface area contributed by atoms with Crippen LogP contribution in [0.5, 0.6) is 0 Å². The summed E-state index contributed by atoms with van der Waals surface area (Å²) in [6.45, 7) is 3.44. The molecule has 30 heavy (non-hydrogen) atoms. The first-order valence-corrected chi connectivity index (χ1v) is 9.43. The normalized spacial score (nSPS) is 12.1. The molecule has 6 nitrogen and oxygen atoms in total. The summed E-state index contributed by atoms with van der Waals surface area (Å²) in [6.07, 6.45) is 2.24. The predicted molar refractivity (Wildman–Crippen MR) is 114 cm³/mol. The monoisotopic (exact) mass is 403 g/mol. The Balaban J connectivity index is 2.13. The molecule has 0 aliphatic rings. The van der Waals surface area contributed by atoms with E-state index in [4.69, 9.17) is 0 Å². The van der Waals surface area contributed by atoms with Crippen LogP contribution < -0.4 is 0 Å². The second-order valence-corrected chi connectivity index (χ2v) is 6.58. The quantitative estimate of drug-likeness (QED) is 0.153. The highest BCUT2D eigenvalue weighted by molar-refractivity contribution is 6.38. The molecule has 2 aromatic carbocycles. The average Bonchev–Trinajstić information content (AvgIpc) is 3.07. The van der Waals surface area contributed by atoms with E-state index in [-0.39, 0.29) is 12.2 Å². The van der Waals surface area contributed by atoms with Gasteiger partial charge in [0.15, 0.2) is 5.78 Å². The summed E-state index contributed by atoms with van der Waals surface area (Å²) in [7, 11) is 0.